The Morgan fingerprint density at radius 1 is 0.346 bits per heavy atom. The molecule has 2 aliphatic heterocycles. The van der Waals surface area contributed by atoms with Gasteiger partial charge in [0, 0.05) is 85.2 Å². The van der Waals surface area contributed by atoms with Crippen LogP contribution in [0.3, 0.4) is 0 Å². The summed E-state index contributed by atoms with van der Waals surface area (Å²) in [5.74, 6) is 30.1. The Morgan fingerprint density at radius 3 is 1.12 bits per heavy atom. The molecule has 0 radical (unpaired) electrons. The number of aliphatic hydroxyl groups is 2. The first-order valence-corrected chi connectivity index (χ1v) is 57.1. The fourth-order valence-electron chi connectivity index (χ4n) is 39.8. The van der Waals surface area contributed by atoms with Gasteiger partial charge in [-0.15, -0.1) is 23.2 Å². The molecule has 2 heterocycles. The van der Waals surface area contributed by atoms with E-state index in [9.17, 15) is 33.9 Å². The number of hydrogen-bond donors (Lipinski definition) is 4. The predicted octanol–water partition coefficient (Wildman–Crippen LogP) is 24.3. The second kappa shape index (κ2) is 39.3. The first kappa shape index (κ1) is 98.0. The molecule has 0 aromatic carbocycles. The van der Waals surface area contributed by atoms with Crippen LogP contribution in [0, 0.1) is 216 Å². The van der Waals surface area contributed by atoms with Crippen molar-refractivity contribution in [3.8, 4) is 0 Å². The number of Topliss-reactive ketones (excluding diaryl/α,β-unsaturated/α-hetero) is 6. The van der Waals surface area contributed by atoms with Crippen LogP contribution in [-0.4, -0.2) is 119 Å². The van der Waals surface area contributed by atoms with Crippen LogP contribution in [-0.2, 0) is 53.4 Å². The average molecular weight is 1860 g/mol. The Balaban J connectivity index is 0.000000103. The molecule has 0 unspecified atom stereocenters. The SMILES string of the molecule is CO.CO[C@@H]1C[C@H]2[C@H](CC[C@@H]3[C@@H]2CC[C@]2(C)C(=O)CC[C@@H]32)C[C@H]1O.C[C@@H]1CC[C@H]2[C@H](CC[C@@H]3[C@@H]2CC[C@]2(C)C(=O)CC[C@@H]32)C1.C[C@]12CC[C@@H]3[C@H]4CCC=C[C@H]4CC[C@H]3[C@@H]1CCC2=O.C[C@]12CC[C@@H]3[C@H]4CC[C@@H]5O[C@@H]5[C@H]4CC[C@H]3[C@@H]1CCC2=O.C[C@]12CC[C@H]3[C@@H](CC[C@@H]4CC=CC[C@@H]43)[C@@H]1CCC2=O.C[C@]12CC[C@H]3[C@@H](CC[C@@H]4C[C@H]5O[C@H]5C[C@@H]43)[C@@H]1CCC2=O.ClCCl.O=S(=O)(O)O. The topological polar surface area (TPSA) is 252 Å². The molecule has 15 nitrogen and oxygen atoms in total. The predicted molar refractivity (Wildman–Crippen MR) is 510 cm³/mol. The van der Waals surface area contributed by atoms with Gasteiger partial charge < -0.3 is 24.4 Å². The molecule has 18 heteroatoms. The third-order valence-electron chi connectivity index (χ3n) is 46.3. The quantitative estimate of drug-likeness (QED) is 0.0824. The zero-order valence-electron chi connectivity index (χ0n) is 81.5. The van der Waals surface area contributed by atoms with Gasteiger partial charge in [0.2, 0.25) is 0 Å². The Kier molecular flexibility index (Phi) is 29.6. The molecule has 0 aromatic rings. The number of carbonyl (C=O) groups is 6. The van der Waals surface area contributed by atoms with Gasteiger partial charge in [-0.1, -0.05) is 79.2 Å². The Morgan fingerprint density at radius 2 is 0.677 bits per heavy atom. The Labute approximate surface area is 793 Å². The van der Waals surface area contributed by atoms with Crippen molar-refractivity contribution in [2.75, 3.05) is 19.6 Å². The van der Waals surface area contributed by atoms with E-state index in [1.165, 1.54) is 250 Å². The summed E-state index contributed by atoms with van der Waals surface area (Å²) in [5, 5.41) is 17.5. The minimum Gasteiger partial charge on any atom is -0.400 e. The highest BCUT2D eigenvalue weighted by Crippen LogP contribution is 2.70. The van der Waals surface area contributed by atoms with Crippen LogP contribution < -0.4 is 0 Å². The van der Waals surface area contributed by atoms with Gasteiger partial charge in [0.1, 0.15) is 34.7 Å². The van der Waals surface area contributed by atoms with Crippen LogP contribution in [0.5, 0.6) is 0 Å². The number of allylic oxidation sites excluding steroid dienone is 4. The van der Waals surface area contributed by atoms with E-state index in [-0.39, 0.29) is 50.0 Å². The van der Waals surface area contributed by atoms with Crippen molar-refractivity contribution >= 4 is 68.3 Å². The molecule has 4 N–H and O–H groups in total. The van der Waals surface area contributed by atoms with E-state index >= 15 is 0 Å². The summed E-state index contributed by atoms with van der Waals surface area (Å²) in [5.41, 5.74) is 0.318. The van der Waals surface area contributed by atoms with Crippen LogP contribution in [0.4, 0.5) is 0 Å². The number of carbonyl (C=O) groups excluding carboxylic acids is 6. The number of fused-ring (bicyclic) bond motifs is 33. The maximum Gasteiger partial charge on any atom is 0.394 e. The van der Waals surface area contributed by atoms with E-state index < -0.39 is 10.4 Å². The van der Waals surface area contributed by atoms with Crippen LogP contribution in [0.25, 0.3) is 0 Å². The first-order chi connectivity index (χ1) is 62.3. The van der Waals surface area contributed by atoms with Gasteiger partial charge in [-0.3, -0.25) is 37.9 Å². The number of hydrogen-bond acceptors (Lipinski definition) is 13. The minimum atomic E-state index is -4.67. The van der Waals surface area contributed by atoms with E-state index in [0.717, 1.165) is 225 Å². The number of epoxide rings is 2. The standard InChI is InChI=1S/C19H30O3.C19H30O.2C18H26O2.2C18H26O.CH2Cl2.CH4O.H2O4S/c1-19-8-7-12-13(15(19)5-6-18(19)21)4-3-11-9-16(20)17(22-2)10-14(11)12;1-12-3-5-14-13(11-12)4-6-16-15(14)9-10-19(2)17(16)7-8-18(19)20;1-18-9-8-11-10-4-6-15-17(20-15)13(10)3-2-12(11)14(18)5-7-16(18)19;1-18-7-6-11-12(14(18)4-5-17(18)19)3-2-10-8-15-16(20-15)9-13(10)11;2*1-18-11-10-14-13-5-3-2-4-12(13)6-7-15(14)16(18)8-9-17(18)19;2-1-3;1-2;1-5(2,3)4/h11-17,20H,3-10H2,1-2H3;12-17H,3-11H2,1-2H3;10-15,17H,2-9H2,1H3;10-16H,2-9H2,1H3;2,4,12-16H,3,5-11H2,1H3;2-3,12-16H,4-11H2,1H3;1H2;2H,1H3;(H2,1,2,3,4)/t11-,12+,13-,14+,15+,16-,17-,19+;12-,13-,14+,15-,16-,17+,19+;10-,11-,12-,13+,14+,15+,17-,18+;10-,11+,12-,13+,14+,15-,16+,18+;2*12-,13-,14+,15+,16-,18-;;;/m111100.../s1. The molecule has 24 aliphatic carbocycles. The number of halogens is 2. The van der Waals surface area contributed by atoms with E-state index in [0.29, 0.717) is 88.7 Å². The van der Waals surface area contributed by atoms with Crippen molar-refractivity contribution in [2.24, 2.45) is 216 Å². The summed E-state index contributed by atoms with van der Waals surface area (Å²) in [6, 6.07) is 0. The van der Waals surface area contributed by atoms with Crippen LogP contribution in [0.15, 0.2) is 24.3 Å². The molecule has 0 bridgehead atoms. The number of alkyl halides is 2. The largest absolute Gasteiger partial charge is 0.400 e. The molecular weight excluding hydrogens is 1690 g/mol. The molecule has 130 heavy (non-hydrogen) atoms. The van der Waals surface area contributed by atoms with Crippen LogP contribution in [0.1, 0.15) is 363 Å². The van der Waals surface area contributed by atoms with E-state index in [1.54, 1.807) is 7.11 Å². The molecule has 26 rings (SSSR count). The number of rotatable bonds is 1. The van der Waals surface area contributed by atoms with E-state index in [2.05, 4.69) is 72.8 Å². The maximum atomic E-state index is 12.4. The van der Waals surface area contributed by atoms with Gasteiger partial charge in [-0.05, 0) is 453 Å². The highest BCUT2D eigenvalue weighted by Gasteiger charge is 2.66. The normalized spacial score (nSPS) is 52.2. The lowest BCUT2D eigenvalue weighted by Crippen LogP contribution is -2.51. The highest BCUT2D eigenvalue weighted by atomic mass is 35.5. The van der Waals surface area contributed by atoms with Gasteiger partial charge in [-0.2, -0.15) is 8.42 Å². The summed E-state index contributed by atoms with van der Waals surface area (Å²) < 4.78 is 48.9. The summed E-state index contributed by atoms with van der Waals surface area (Å²) in [6.07, 6.45) is 73.1. The summed E-state index contributed by atoms with van der Waals surface area (Å²) in [7, 11) is -1.93. The second-order valence-corrected chi connectivity index (χ2v) is 52.3. The fraction of sp³-hybridized carbons (Fsp3) is 0.911. The van der Waals surface area contributed by atoms with Gasteiger partial charge in [0.25, 0.3) is 0 Å². The second-order valence-electron chi connectivity index (χ2n) is 50.6. The zero-order chi connectivity index (χ0) is 91.6. The third-order valence-corrected chi connectivity index (χ3v) is 46.3. The number of ether oxygens (including phenoxy) is 3. The van der Waals surface area contributed by atoms with E-state index in [4.69, 9.17) is 60.0 Å². The first-order valence-electron chi connectivity index (χ1n) is 54.6. The lowest BCUT2D eigenvalue weighted by atomic mass is 9.50. The van der Waals surface area contributed by atoms with Crippen molar-refractivity contribution in [2.45, 2.75) is 400 Å². The molecule has 43 atom stereocenters. The molecule has 2 saturated heterocycles. The smallest absolute Gasteiger partial charge is 0.394 e. The molecule has 730 valence electrons. The molecule has 26 aliphatic rings. The molecule has 0 aromatic heterocycles. The van der Waals surface area contributed by atoms with Crippen molar-refractivity contribution in [3.63, 3.8) is 0 Å². The molecule has 0 amide bonds. The molecule has 22 saturated carbocycles. The van der Waals surface area contributed by atoms with E-state index in [1.807, 2.05) is 0 Å². The lowest BCUT2D eigenvalue weighted by molar-refractivity contribution is -0.138. The third kappa shape index (κ3) is 18.2. The number of aliphatic hydroxyl groups excluding tert-OH is 2. The number of ketones is 6. The van der Waals surface area contributed by atoms with Crippen molar-refractivity contribution in [1.29, 1.82) is 0 Å². The zero-order valence-corrected chi connectivity index (χ0v) is 83.8. The highest BCUT2D eigenvalue weighted by molar-refractivity contribution is 7.79. The summed E-state index contributed by atoms with van der Waals surface area (Å²) in [4.78, 5) is 73.9. The van der Waals surface area contributed by atoms with Crippen LogP contribution in [0.2, 0.25) is 0 Å². The van der Waals surface area contributed by atoms with Crippen molar-refractivity contribution < 1.29 is 70.7 Å². The lowest BCUT2D eigenvalue weighted by Gasteiger charge is -2.55. The summed E-state index contributed by atoms with van der Waals surface area (Å²) in [6.45, 7) is 16.2. The van der Waals surface area contributed by atoms with Gasteiger partial charge in [0.15, 0.2) is 0 Å². The van der Waals surface area contributed by atoms with Gasteiger partial charge >= 0.3 is 10.4 Å². The van der Waals surface area contributed by atoms with Crippen LogP contribution >= 0.6 is 23.2 Å². The monoisotopic (exact) mass is 1860 g/mol. The molecular formula is C112H172Cl2O15S. The molecule has 24 fully saturated rings. The minimum absolute atomic E-state index is 0.0111. The van der Waals surface area contributed by atoms with Crippen molar-refractivity contribution in [3.05, 3.63) is 24.3 Å². The number of methoxy groups -OCH3 is 1. The fourth-order valence-corrected chi connectivity index (χ4v) is 39.8. The Hall–Kier alpha value is -2.25. The van der Waals surface area contributed by atoms with Crippen molar-refractivity contribution in [1.82, 2.24) is 0 Å². The van der Waals surface area contributed by atoms with Gasteiger partial charge in [0.05, 0.1) is 42.0 Å². The molecule has 0 spiro atoms. The summed E-state index contributed by atoms with van der Waals surface area (Å²) >= 11 is 9.53. The Bertz CT molecular complexity index is 4110. The maximum absolute atomic E-state index is 12.4. The average Bonchev–Trinajstić information content (AvgIpc) is 2.10. The van der Waals surface area contributed by atoms with Gasteiger partial charge in [-0.25, -0.2) is 0 Å².